The van der Waals surface area contributed by atoms with Gasteiger partial charge in [-0.1, -0.05) is 12.1 Å². The van der Waals surface area contributed by atoms with Crippen molar-refractivity contribution >= 4 is 22.0 Å². The van der Waals surface area contributed by atoms with E-state index in [-0.39, 0.29) is 16.6 Å². The number of halogens is 1. The number of hydrogen-bond acceptors (Lipinski definition) is 7. The van der Waals surface area contributed by atoms with E-state index in [0.717, 1.165) is 17.6 Å². The zero-order valence-corrected chi connectivity index (χ0v) is 12.7. The van der Waals surface area contributed by atoms with Gasteiger partial charge in [-0.25, -0.2) is 37.3 Å². The third-order valence-electron chi connectivity index (χ3n) is 2.65. The highest BCUT2D eigenvalue weighted by Gasteiger charge is 2.25. The van der Waals surface area contributed by atoms with Gasteiger partial charge >= 0.3 is 6.03 Å². The zero-order chi connectivity index (χ0) is 16.9. The van der Waals surface area contributed by atoms with Gasteiger partial charge in [-0.05, 0) is 12.1 Å². The van der Waals surface area contributed by atoms with Crippen LogP contribution in [0.1, 0.15) is 0 Å². The number of alkyl halides is 1. The molecule has 0 fully saturated rings. The van der Waals surface area contributed by atoms with Gasteiger partial charge in [0, 0.05) is 7.05 Å². The molecule has 0 saturated carbocycles. The van der Waals surface area contributed by atoms with Crippen LogP contribution in [0, 0.1) is 0 Å². The average Bonchev–Trinajstić information content (AvgIpc) is 2.55. The second kappa shape index (κ2) is 6.96. The van der Waals surface area contributed by atoms with Crippen molar-refractivity contribution in [1.82, 2.24) is 19.7 Å². The molecule has 122 valence electrons. The number of para-hydroxylation sites is 1. The largest absolute Gasteiger partial charge is 0.461 e. The first kappa shape index (κ1) is 16.5. The van der Waals surface area contributed by atoms with Crippen LogP contribution in [0.15, 0.2) is 41.8 Å². The summed E-state index contributed by atoms with van der Waals surface area (Å²) in [5.41, 5.74) is 0. The van der Waals surface area contributed by atoms with Crippen molar-refractivity contribution in [3.8, 4) is 5.75 Å². The molecular weight excluding hydrogens is 329 g/mol. The highest BCUT2D eigenvalue weighted by molar-refractivity contribution is 7.90. The van der Waals surface area contributed by atoms with Crippen LogP contribution in [-0.2, 0) is 10.0 Å². The van der Waals surface area contributed by atoms with Crippen LogP contribution in [0.25, 0.3) is 0 Å². The Bertz CT molecular complexity index is 787. The molecule has 0 spiro atoms. The van der Waals surface area contributed by atoms with E-state index in [9.17, 15) is 17.6 Å². The molecule has 1 aromatic heterocycles. The number of anilines is 1. The van der Waals surface area contributed by atoms with Crippen molar-refractivity contribution in [3.05, 3.63) is 36.9 Å². The fraction of sp³-hybridized carbons (Fsp3) is 0.167. The predicted octanol–water partition coefficient (Wildman–Crippen LogP) is 0.712. The number of nitrogens with zero attached hydrogens (tertiary/aromatic N) is 4. The topological polar surface area (TPSA) is 114 Å². The molecule has 2 aromatic rings. The summed E-state index contributed by atoms with van der Waals surface area (Å²) in [5.74, 6) is -0.251. The van der Waals surface area contributed by atoms with Crippen molar-refractivity contribution in [2.75, 3.05) is 18.8 Å². The lowest BCUT2D eigenvalue weighted by molar-refractivity contribution is 0.187. The molecule has 0 aliphatic heterocycles. The summed E-state index contributed by atoms with van der Waals surface area (Å²) in [6, 6.07) is 4.35. The molecule has 1 heterocycles. The minimum absolute atomic E-state index is 0.0407. The quantitative estimate of drug-likeness (QED) is 0.852. The van der Waals surface area contributed by atoms with Gasteiger partial charge in [0.2, 0.25) is 12.8 Å². The first-order valence-corrected chi connectivity index (χ1v) is 7.64. The molecule has 23 heavy (non-hydrogen) atoms. The predicted molar refractivity (Wildman–Crippen MR) is 77.0 cm³/mol. The normalized spacial score (nSPS) is 10.9. The van der Waals surface area contributed by atoms with Crippen LogP contribution in [0.3, 0.4) is 0 Å². The van der Waals surface area contributed by atoms with Gasteiger partial charge < -0.3 is 4.74 Å². The van der Waals surface area contributed by atoms with E-state index >= 15 is 0 Å². The number of hydrogen-bond donors (Lipinski definition) is 1. The molecule has 1 N–H and O–H groups in total. The SMILES string of the molecule is CN(C(=O)NS(=O)(=O)c1ccccc1OCF)c1ncncn1. The second-order valence-electron chi connectivity index (χ2n) is 4.11. The van der Waals surface area contributed by atoms with E-state index in [4.69, 9.17) is 0 Å². The summed E-state index contributed by atoms with van der Waals surface area (Å²) < 4.78 is 43.3. The van der Waals surface area contributed by atoms with E-state index in [1.165, 1.54) is 31.3 Å². The van der Waals surface area contributed by atoms with Crippen molar-refractivity contribution in [2.24, 2.45) is 0 Å². The highest BCUT2D eigenvalue weighted by Crippen LogP contribution is 2.23. The number of aromatic nitrogens is 3. The minimum Gasteiger partial charge on any atom is -0.461 e. The van der Waals surface area contributed by atoms with E-state index < -0.39 is 22.9 Å². The molecule has 2 rings (SSSR count). The van der Waals surface area contributed by atoms with Gasteiger partial charge in [0.25, 0.3) is 10.0 Å². The number of carbonyl (C=O) groups is 1. The minimum atomic E-state index is -4.27. The Balaban J connectivity index is 2.23. The summed E-state index contributed by atoms with van der Waals surface area (Å²) in [4.78, 5) is 23.6. The number of amides is 2. The summed E-state index contributed by atoms with van der Waals surface area (Å²) in [7, 11) is -2.99. The first-order chi connectivity index (χ1) is 11.0. The van der Waals surface area contributed by atoms with Gasteiger partial charge in [-0.2, -0.15) is 0 Å². The molecule has 11 heteroatoms. The molecule has 2 amide bonds. The fourth-order valence-corrected chi connectivity index (χ4v) is 2.71. The Morgan fingerprint density at radius 2 is 1.96 bits per heavy atom. The number of carbonyl (C=O) groups excluding carboxylic acids is 1. The maximum Gasteiger partial charge on any atom is 0.337 e. The van der Waals surface area contributed by atoms with Gasteiger partial charge in [0.05, 0.1) is 0 Å². The summed E-state index contributed by atoms with van der Waals surface area (Å²) in [6.45, 7) is -1.20. The van der Waals surface area contributed by atoms with Crippen LogP contribution < -0.4 is 14.4 Å². The molecule has 0 aliphatic rings. The molecular formula is C12H12FN5O4S. The molecule has 0 atom stereocenters. The Hall–Kier alpha value is -2.82. The molecule has 0 radical (unpaired) electrons. The monoisotopic (exact) mass is 341 g/mol. The Labute approximate surface area is 131 Å². The van der Waals surface area contributed by atoms with Crippen LogP contribution in [0.4, 0.5) is 15.1 Å². The standard InChI is InChI=1S/C12H12FN5O4S/c1-18(11-15-7-14-8-16-11)12(19)17-23(20,21)10-5-3-2-4-9(10)22-6-13/h2-5,7-8H,6H2,1H3,(H,17,19). The maximum absolute atomic E-state index is 12.3. The van der Waals surface area contributed by atoms with E-state index in [2.05, 4.69) is 19.7 Å². The lowest BCUT2D eigenvalue weighted by atomic mass is 10.3. The number of rotatable bonds is 5. The number of ether oxygens (including phenoxy) is 1. The van der Waals surface area contributed by atoms with E-state index in [1.54, 1.807) is 0 Å². The van der Waals surface area contributed by atoms with Gasteiger partial charge in [0.1, 0.15) is 23.3 Å². The average molecular weight is 341 g/mol. The number of nitrogens with one attached hydrogen (secondary N) is 1. The van der Waals surface area contributed by atoms with Crippen molar-refractivity contribution < 1.29 is 22.3 Å². The van der Waals surface area contributed by atoms with Crippen LogP contribution in [-0.4, -0.2) is 43.3 Å². The van der Waals surface area contributed by atoms with Crippen LogP contribution >= 0.6 is 0 Å². The first-order valence-electron chi connectivity index (χ1n) is 6.16. The molecule has 0 saturated heterocycles. The Morgan fingerprint density at radius 3 is 2.61 bits per heavy atom. The van der Waals surface area contributed by atoms with Gasteiger partial charge in [-0.3, -0.25) is 4.90 Å². The zero-order valence-electron chi connectivity index (χ0n) is 11.9. The molecule has 0 unspecified atom stereocenters. The lowest BCUT2D eigenvalue weighted by Crippen LogP contribution is -2.41. The van der Waals surface area contributed by atoms with Crippen LogP contribution in [0.2, 0.25) is 0 Å². The fourth-order valence-electron chi connectivity index (χ4n) is 1.59. The van der Waals surface area contributed by atoms with Gasteiger partial charge in [0.15, 0.2) is 0 Å². The highest BCUT2D eigenvalue weighted by atomic mass is 32.2. The smallest absolute Gasteiger partial charge is 0.337 e. The van der Waals surface area contributed by atoms with Crippen LogP contribution in [0.5, 0.6) is 5.75 Å². The molecule has 9 nitrogen and oxygen atoms in total. The second-order valence-corrected chi connectivity index (χ2v) is 5.76. The molecule has 1 aromatic carbocycles. The molecule has 0 bridgehead atoms. The third-order valence-corrected chi connectivity index (χ3v) is 4.01. The Morgan fingerprint density at radius 1 is 1.30 bits per heavy atom. The van der Waals surface area contributed by atoms with Gasteiger partial charge in [-0.15, -0.1) is 0 Å². The Kier molecular flexibility index (Phi) is 5.01. The van der Waals surface area contributed by atoms with Crippen molar-refractivity contribution in [1.29, 1.82) is 0 Å². The maximum atomic E-state index is 12.3. The summed E-state index contributed by atoms with van der Waals surface area (Å²) in [6.07, 6.45) is 2.32. The third kappa shape index (κ3) is 3.88. The van der Waals surface area contributed by atoms with Crippen molar-refractivity contribution in [2.45, 2.75) is 4.90 Å². The summed E-state index contributed by atoms with van der Waals surface area (Å²) >= 11 is 0. The number of benzene rings is 1. The molecule has 0 aliphatic carbocycles. The number of urea groups is 1. The van der Waals surface area contributed by atoms with Crippen molar-refractivity contribution in [3.63, 3.8) is 0 Å². The van der Waals surface area contributed by atoms with E-state index in [1.807, 2.05) is 4.72 Å². The lowest BCUT2D eigenvalue weighted by Gasteiger charge is -2.16. The summed E-state index contributed by atoms with van der Waals surface area (Å²) in [5, 5.41) is 0. The number of sulfonamides is 1. The van der Waals surface area contributed by atoms with E-state index in [0.29, 0.717) is 0 Å².